The van der Waals surface area contributed by atoms with E-state index in [9.17, 15) is 18.0 Å². The Labute approximate surface area is 217 Å². The van der Waals surface area contributed by atoms with Crippen molar-refractivity contribution < 1.29 is 18.0 Å². The zero-order chi connectivity index (χ0) is 26.5. The van der Waals surface area contributed by atoms with Gasteiger partial charge in [-0.1, -0.05) is 26.8 Å². The Bertz CT molecular complexity index is 1120. The number of hydrogen-bond acceptors (Lipinski definition) is 4. The maximum atomic E-state index is 13.7. The summed E-state index contributed by atoms with van der Waals surface area (Å²) in [6.45, 7) is 14.2. The molecule has 200 valence electrons. The third-order valence-corrected chi connectivity index (χ3v) is 11.4. The first-order valence-corrected chi connectivity index (χ1v) is 15.0. The molecule has 8 heteroatoms. The lowest BCUT2D eigenvalue weighted by molar-refractivity contribution is -0.136. The van der Waals surface area contributed by atoms with Crippen LogP contribution in [0.15, 0.2) is 23.1 Å². The highest BCUT2D eigenvalue weighted by Gasteiger charge is 2.59. The van der Waals surface area contributed by atoms with Crippen LogP contribution in [0.25, 0.3) is 0 Å². The molecule has 3 aliphatic rings. The molecule has 2 unspecified atom stereocenters. The van der Waals surface area contributed by atoms with Gasteiger partial charge < -0.3 is 10.2 Å². The second-order valence-electron chi connectivity index (χ2n) is 12.0. The average molecular weight is 518 g/mol. The molecule has 2 aliphatic carbocycles. The molecule has 0 radical (unpaired) electrons. The van der Waals surface area contributed by atoms with Crippen LogP contribution in [0.4, 0.5) is 0 Å². The summed E-state index contributed by atoms with van der Waals surface area (Å²) in [5.74, 6) is 0.0760. The van der Waals surface area contributed by atoms with Gasteiger partial charge in [-0.3, -0.25) is 9.59 Å². The van der Waals surface area contributed by atoms with E-state index in [1.807, 2.05) is 13.8 Å². The van der Waals surface area contributed by atoms with Crippen LogP contribution in [0, 0.1) is 29.6 Å². The van der Waals surface area contributed by atoms with Gasteiger partial charge in [0.05, 0.1) is 10.8 Å². The molecule has 1 heterocycles. The van der Waals surface area contributed by atoms with Gasteiger partial charge in [0.2, 0.25) is 15.9 Å². The first-order chi connectivity index (χ1) is 16.8. The molecule has 1 aliphatic heterocycles. The molecule has 4 rings (SSSR count). The minimum absolute atomic E-state index is 0.0163. The van der Waals surface area contributed by atoms with E-state index in [1.54, 1.807) is 24.0 Å². The molecule has 2 bridgehead atoms. The summed E-state index contributed by atoms with van der Waals surface area (Å²) >= 11 is 0. The van der Waals surface area contributed by atoms with E-state index in [0.29, 0.717) is 49.5 Å². The van der Waals surface area contributed by atoms with Crippen molar-refractivity contribution in [3.63, 3.8) is 0 Å². The molecule has 4 atom stereocenters. The van der Waals surface area contributed by atoms with Crippen molar-refractivity contribution >= 4 is 21.8 Å². The number of fused-ring (bicyclic) bond motifs is 2. The topological polar surface area (TPSA) is 86.8 Å². The largest absolute Gasteiger partial charge is 0.348 e. The Morgan fingerprint density at radius 1 is 1.14 bits per heavy atom. The van der Waals surface area contributed by atoms with Crippen molar-refractivity contribution in [2.75, 3.05) is 26.2 Å². The molecule has 1 N–H and O–H groups in total. The number of amides is 2. The number of rotatable bonds is 7. The van der Waals surface area contributed by atoms with Gasteiger partial charge in [-0.05, 0) is 87.3 Å². The molecular formula is C28H43N3O4S. The van der Waals surface area contributed by atoms with E-state index in [4.69, 9.17) is 0 Å². The van der Waals surface area contributed by atoms with Crippen molar-refractivity contribution in [2.24, 2.45) is 22.7 Å². The van der Waals surface area contributed by atoms with Crippen LogP contribution >= 0.6 is 0 Å². The van der Waals surface area contributed by atoms with Gasteiger partial charge in [0.15, 0.2) is 0 Å². The molecule has 2 amide bonds. The number of nitrogens with one attached hydrogen (secondary N) is 1. The van der Waals surface area contributed by atoms with Crippen LogP contribution in [-0.4, -0.2) is 61.7 Å². The predicted molar refractivity (Wildman–Crippen MR) is 141 cm³/mol. The standard InChI is InChI=1S/C28H43N3O4S/c1-7-30(8-2)25(33)21-10-9-15-31(18-21)36(34,35)23-16-20(12-11-19(23)3)24(32)29-26-27(4,5)22-13-14-28(26,6)17-22/h11-12,16,21-22,26H,7-10,13-15,17-18H2,1-6H3,(H,29,32)/t21?,22-,26?,28-/m0/s1. The number of nitrogens with zero attached hydrogens (tertiary/aromatic N) is 2. The smallest absolute Gasteiger partial charge is 0.251 e. The van der Waals surface area contributed by atoms with Crippen molar-refractivity contribution in [3.8, 4) is 0 Å². The average Bonchev–Trinajstić information content (AvgIpc) is 3.33. The van der Waals surface area contributed by atoms with Gasteiger partial charge in [-0.25, -0.2) is 8.42 Å². The van der Waals surface area contributed by atoms with E-state index >= 15 is 0 Å². The van der Waals surface area contributed by atoms with E-state index in [2.05, 4.69) is 26.1 Å². The number of carbonyl (C=O) groups excluding carboxylic acids is 2. The minimum atomic E-state index is -3.84. The molecule has 7 nitrogen and oxygen atoms in total. The summed E-state index contributed by atoms with van der Waals surface area (Å²) in [6, 6.07) is 5.03. The quantitative estimate of drug-likeness (QED) is 0.587. The fourth-order valence-electron chi connectivity index (χ4n) is 7.19. The molecule has 1 aromatic carbocycles. The van der Waals surface area contributed by atoms with E-state index in [-0.39, 0.29) is 46.0 Å². The highest BCUT2D eigenvalue weighted by atomic mass is 32.2. The second kappa shape index (κ2) is 9.75. The van der Waals surface area contributed by atoms with E-state index in [1.165, 1.54) is 16.8 Å². The summed E-state index contributed by atoms with van der Waals surface area (Å²) in [7, 11) is -3.84. The normalized spacial score (nSPS) is 29.8. The lowest BCUT2D eigenvalue weighted by Gasteiger charge is -2.43. The maximum absolute atomic E-state index is 13.7. The third kappa shape index (κ3) is 4.60. The van der Waals surface area contributed by atoms with Crippen LogP contribution in [-0.2, 0) is 14.8 Å². The third-order valence-electron chi connectivity index (χ3n) is 9.42. The second-order valence-corrected chi connectivity index (χ2v) is 13.9. The number of sulfonamides is 1. The molecule has 1 aromatic rings. The lowest BCUT2D eigenvalue weighted by atomic mass is 9.68. The molecule has 36 heavy (non-hydrogen) atoms. The van der Waals surface area contributed by atoms with Gasteiger partial charge in [-0.2, -0.15) is 4.31 Å². The number of carbonyl (C=O) groups is 2. The Balaban J connectivity index is 1.55. The molecule has 0 aromatic heterocycles. The fourth-order valence-corrected chi connectivity index (χ4v) is 8.97. The summed E-state index contributed by atoms with van der Waals surface area (Å²) in [5.41, 5.74) is 1.08. The van der Waals surface area contributed by atoms with Crippen molar-refractivity contribution in [1.29, 1.82) is 0 Å². The SMILES string of the molecule is CCN(CC)C(=O)C1CCCN(S(=O)(=O)c2cc(C(=O)NC3C(C)(C)[C@H]4CC[C@@]3(C)C4)ccc2C)C1. The Morgan fingerprint density at radius 3 is 2.44 bits per heavy atom. The zero-order valence-corrected chi connectivity index (χ0v) is 23.6. The van der Waals surface area contributed by atoms with Gasteiger partial charge in [0, 0.05) is 37.8 Å². The van der Waals surface area contributed by atoms with Crippen molar-refractivity contribution in [3.05, 3.63) is 29.3 Å². The van der Waals surface area contributed by atoms with Crippen molar-refractivity contribution in [2.45, 2.75) is 84.6 Å². The van der Waals surface area contributed by atoms with Gasteiger partial charge in [0.25, 0.3) is 5.91 Å². The van der Waals surface area contributed by atoms with Crippen LogP contribution < -0.4 is 5.32 Å². The molecular weight excluding hydrogens is 474 g/mol. The van der Waals surface area contributed by atoms with Crippen molar-refractivity contribution in [1.82, 2.24) is 14.5 Å². The molecule has 0 spiro atoms. The number of aryl methyl sites for hydroxylation is 1. The van der Waals surface area contributed by atoms with E-state index in [0.717, 1.165) is 12.8 Å². The predicted octanol–water partition coefficient (Wildman–Crippen LogP) is 4.21. The molecule has 1 saturated heterocycles. The van der Waals surface area contributed by atoms with E-state index < -0.39 is 10.0 Å². The number of hydrogen-bond donors (Lipinski definition) is 1. The van der Waals surface area contributed by atoms with Gasteiger partial charge >= 0.3 is 0 Å². The van der Waals surface area contributed by atoms with Crippen LogP contribution in [0.2, 0.25) is 0 Å². The summed E-state index contributed by atoms with van der Waals surface area (Å²) in [6.07, 6.45) is 4.78. The number of piperidine rings is 1. The maximum Gasteiger partial charge on any atom is 0.251 e. The summed E-state index contributed by atoms with van der Waals surface area (Å²) < 4.78 is 28.9. The van der Waals surface area contributed by atoms with Gasteiger partial charge in [-0.15, -0.1) is 0 Å². The Hall–Kier alpha value is -1.93. The fraction of sp³-hybridized carbons (Fsp3) is 0.714. The summed E-state index contributed by atoms with van der Waals surface area (Å²) in [5, 5.41) is 3.28. The highest BCUT2D eigenvalue weighted by Crippen LogP contribution is 2.62. The summed E-state index contributed by atoms with van der Waals surface area (Å²) in [4.78, 5) is 28.2. The zero-order valence-electron chi connectivity index (χ0n) is 22.8. The first-order valence-electron chi connectivity index (χ1n) is 13.6. The minimum Gasteiger partial charge on any atom is -0.348 e. The Morgan fingerprint density at radius 2 is 1.83 bits per heavy atom. The van der Waals surface area contributed by atoms with Gasteiger partial charge in [0.1, 0.15) is 0 Å². The van der Waals surface area contributed by atoms with Crippen LogP contribution in [0.3, 0.4) is 0 Å². The monoisotopic (exact) mass is 517 g/mol. The highest BCUT2D eigenvalue weighted by molar-refractivity contribution is 7.89. The van der Waals surface area contributed by atoms with Crippen LogP contribution in [0.5, 0.6) is 0 Å². The Kier molecular flexibility index (Phi) is 7.34. The molecule has 3 fully saturated rings. The van der Waals surface area contributed by atoms with Crippen LogP contribution in [0.1, 0.15) is 82.6 Å². The lowest BCUT2D eigenvalue weighted by Crippen LogP contribution is -2.52. The molecule has 2 saturated carbocycles. The first kappa shape index (κ1) is 27.1. The number of benzene rings is 1.